The fraction of sp³-hybridized carbons (Fsp3) is 0.333. The van der Waals surface area contributed by atoms with Crippen molar-refractivity contribution in [2.24, 2.45) is 4.99 Å². The van der Waals surface area contributed by atoms with Crippen LogP contribution in [-0.4, -0.2) is 63.3 Å². The lowest BCUT2D eigenvalue weighted by molar-refractivity contribution is 0.0394. The number of halogens is 1. The molecule has 3 rings (SSSR count). The molecule has 1 saturated heterocycles. The number of rotatable bonds is 6. The van der Waals surface area contributed by atoms with E-state index in [1.54, 1.807) is 37.4 Å². The zero-order valence-corrected chi connectivity index (χ0v) is 17.1. The number of methoxy groups -OCH3 is 1. The minimum absolute atomic E-state index is 0.246. The highest BCUT2D eigenvalue weighted by Gasteiger charge is 2.13. The number of guanidine groups is 1. The number of nitrogens with zero attached hydrogens (tertiary/aromatic N) is 2. The van der Waals surface area contributed by atoms with Crippen LogP contribution in [0, 0.1) is 0 Å². The second-order valence-electron chi connectivity index (χ2n) is 6.47. The summed E-state index contributed by atoms with van der Waals surface area (Å²) in [5.41, 5.74) is 1.17. The van der Waals surface area contributed by atoms with Crippen molar-refractivity contribution >= 4 is 29.2 Å². The Balaban J connectivity index is 1.74. The molecular weight excluding hydrogens is 392 g/mol. The highest BCUT2D eigenvalue weighted by Crippen LogP contribution is 2.27. The summed E-state index contributed by atoms with van der Waals surface area (Å²) in [5, 5.41) is 6.54. The average Bonchev–Trinajstić information content (AvgIpc) is 2.75. The molecule has 2 aromatic rings. The first-order valence-corrected chi connectivity index (χ1v) is 9.85. The van der Waals surface area contributed by atoms with Crippen molar-refractivity contribution in [3.63, 3.8) is 0 Å². The molecule has 0 aliphatic carbocycles. The van der Waals surface area contributed by atoms with Crippen molar-refractivity contribution in [2.75, 3.05) is 51.8 Å². The number of morpholine rings is 1. The van der Waals surface area contributed by atoms with Crippen LogP contribution in [0.25, 0.3) is 0 Å². The van der Waals surface area contributed by atoms with Gasteiger partial charge in [-0.3, -0.25) is 20.0 Å². The third-order valence-corrected chi connectivity index (χ3v) is 4.71. The number of ether oxygens (including phenoxy) is 2. The van der Waals surface area contributed by atoms with Gasteiger partial charge in [0.2, 0.25) is 5.96 Å². The van der Waals surface area contributed by atoms with Crippen LogP contribution < -0.4 is 15.4 Å². The molecule has 0 unspecified atom stereocenters. The first-order chi connectivity index (χ1) is 14.2. The number of aliphatic imine (C=N–C) groups is 1. The molecule has 1 aliphatic rings. The van der Waals surface area contributed by atoms with Gasteiger partial charge in [-0.1, -0.05) is 29.8 Å². The summed E-state index contributed by atoms with van der Waals surface area (Å²) in [4.78, 5) is 19.5. The van der Waals surface area contributed by atoms with E-state index in [0.29, 0.717) is 34.5 Å². The molecule has 0 saturated carbocycles. The smallest absolute Gasteiger partial charge is 0.257 e. The van der Waals surface area contributed by atoms with E-state index in [9.17, 15) is 4.79 Å². The molecule has 0 radical (unpaired) electrons. The lowest BCUT2D eigenvalue weighted by Gasteiger charge is -2.25. The molecule has 154 valence electrons. The van der Waals surface area contributed by atoms with Crippen molar-refractivity contribution in [3.8, 4) is 5.75 Å². The molecule has 1 amide bonds. The number of benzene rings is 2. The Kier molecular flexibility index (Phi) is 7.86. The van der Waals surface area contributed by atoms with Crippen LogP contribution in [0.5, 0.6) is 5.75 Å². The van der Waals surface area contributed by atoms with Gasteiger partial charge >= 0.3 is 0 Å². The third-order valence-electron chi connectivity index (χ3n) is 4.47. The topological polar surface area (TPSA) is 75.2 Å². The van der Waals surface area contributed by atoms with E-state index in [-0.39, 0.29) is 5.91 Å². The first kappa shape index (κ1) is 21.1. The highest BCUT2D eigenvalue weighted by molar-refractivity contribution is 6.31. The number of amides is 1. The quantitative estimate of drug-likeness (QED) is 0.559. The van der Waals surface area contributed by atoms with Gasteiger partial charge in [0.15, 0.2) is 0 Å². The molecule has 8 heteroatoms. The number of hydrogen-bond acceptors (Lipinski definition) is 5. The van der Waals surface area contributed by atoms with Gasteiger partial charge in [-0.15, -0.1) is 0 Å². The zero-order chi connectivity index (χ0) is 20.5. The molecule has 1 aliphatic heterocycles. The van der Waals surface area contributed by atoms with Gasteiger partial charge in [-0.25, -0.2) is 0 Å². The normalized spacial score (nSPS) is 15.0. The van der Waals surface area contributed by atoms with Gasteiger partial charge in [-0.05, 0) is 30.3 Å². The van der Waals surface area contributed by atoms with Crippen LogP contribution >= 0.6 is 11.6 Å². The highest BCUT2D eigenvalue weighted by atomic mass is 35.5. The molecule has 0 aromatic heterocycles. The molecule has 1 heterocycles. The largest absolute Gasteiger partial charge is 0.495 e. The molecular formula is C21H25ClN4O3. The van der Waals surface area contributed by atoms with Gasteiger partial charge in [0.1, 0.15) is 5.75 Å². The Labute approximate surface area is 175 Å². The van der Waals surface area contributed by atoms with Crippen LogP contribution in [0.4, 0.5) is 5.69 Å². The van der Waals surface area contributed by atoms with E-state index in [1.165, 1.54) is 0 Å². The molecule has 0 spiro atoms. The maximum atomic E-state index is 12.6. The lowest BCUT2D eigenvalue weighted by Crippen LogP contribution is -2.39. The third kappa shape index (κ3) is 6.45. The van der Waals surface area contributed by atoms with E-state index in [2.05, 4.69) is 20.5 Å². The van der Waals surface area contributed by atoms with E-state index in [4.69, 9.17) is 21.1 Å². The summed E-state index contributed by atoms with van der Waals surface area (Å²) < 4.78 is 10.8. The molecule has 2 aromatic carbocycles. The van der Waals surface area contributed by atoms with Crippen LogP contribution in [0.3, 0.4) is 0 Å². The number of carbonyl (C=O) groups is 1. The van der Waals surface area contributed by atoms with Gasteiger partial charge < -0.3 is 14.8 Å². The number of nitrogens with one attached hydrogen (secondary N) is 2. The first-order valence-electron chi connectivity index (χ1n) is 9.47. The molecule has 2 N–H and O–H groups in total. The maximum absolute atomic E-state index is 12.6. The standard InChI is InChI=1S/C21H25ClN4O3/c1-28-19-8-7-17(22)15-18(19)24-21(23-9-10-26-11-13-29-14-12-26)25-20(27)16-5-3-2-4-6-16/h2-8,15H,9-14H2,1H3,(H2,23,24,25,27). The maximum Gasteiger partial charge on any atom is 0.257 e. The number of anilines is 1. The fourth-order valence-electron chi connectivity index (χ4n) is 2.91. The summed E-state index contributed by atoms with van der Waals surface area (Å²) in [5.74, 6) is 0.695. The van der Waals surface area contributed by atoms with Crippen molar-refractivity contribution in [1.29, 1.82) is 0 Å². The molecule has 29 heavy (non-hydrogen) atoms. The second kappa shape index (κ2) is 10.8. The Bertz CT molecular complexity index is 839. The van der Waals surface area contributed by atoms with Crippen LogP contribution in [0.15, 0.2) is 53.5 Å². The summed E-state index contributed by atoms with van der Waals surface area (Å²) >= 11 is 6.12. The van der Waals surface area contributed by atoms with E-state index in [1.807, 2.05) is 18.2 Å². The van der Waals surface area contributed by atoms with E-state index in [0.717, 1.165) is 32.8 Å². The van der Waals surface area contributed by atoms with Crippen molar-refractivity contribution in [3.05, 3.63) is 59.1 Å². The van der Waals surface area contributed by atoms with Crippen molar-refractivity contribution in [1.82, 2.24) is 10.2 Å². The zero-order valence-electron chi connectivity index (χ0n) is 16.4. The Morgan fingerprint density at radius 1 is 1.21 bits per heavy atom. The summed E-state index contributed by atoms with van der Waals surface area (Å²) in [7, 11) is 1.58. The fourth-order valence-corrected chi connectivity index (χ4v) is 3.09. The minimum Gasteiger partial charge on any atom is -0.495 e. The second-order valence-corrected chi connectivity index (χ2v) is 6.91. The Hall–Kier alpha value is -2.61. The Morgan fingerprint density at radius 3 is 2.69 bits per heavy atom. The summed E-state index contributed by atoms with van der Waals surface area (Å²) in [6, 6.07) is 14.2. The summed E-state index contributed by atoms with van der Waals surface area (Å²) in [6.07, 6.45) is 0. The van der Waals surface area contributed by atoms with Gasteiger partial charge in [0, 0.05) is 30.2 Å². The molecule has 1 fully saturated rings. The lowest BCUT2D eigenvalue weighted by atomic mass is 10.2. The SMILES string of the molecule is COc1ccc(Cl)cc1NC(=NCCN1CCOCC1)NC(=O)c1ccccc1. The van der Waals surface area contributed by atoms with Gasteiger partial charge in [0.25, 0.3) is 5.91 Å². The van der Waals surface area contributed by atoms with Crippen LogP contribution in [0.2, 0.25) is 5.02 Å². The molecule has 0 atom stereocenters. The predicted molar refractivity (Wildman–Crippen MR) is 115 cm³/mol. The monoisotopic (exact) mass is 416 g/mol. The predicted octanol–water partition coefficient (Wildman–Crippen LogP) is 2.88. The number of carbonyl (C=O) groups excluding carboxylic acids is 1. The van der Waals surface area contributed by atoms with Crippen LogP contribution in [0.1, 0.15) is 10.4 Å². The molecule has 7 nitrogen and oxygen atoms in total. The minimum atomic E-state index is -0.246. The number of hydrogen-bond donors (Lipinski definition) is 2. The Morgan fingerprint density at radius 2 is 1.97 bits per heavy atom. The van der Waals surface area contributed by atoms with Crippen molar-refractivity contribution < 1.29 is 14.3 Å². The average molecular weight is 417 g/mol. The molecule has 0 bridgehead atoms. The summed E-state index contributed by atoms with van der Waals surface area (Å²) in [6.45, 7) is 4.55. The van der Waals surface area contributed by atoms with Crippen LogP contribution in [-0.2, 0) is 4.74 Å². The van der Waals surface area contributed by atoms with Gasteiger partial charge in [-0.2, -0.15) is 0 Å². The van der Waals surface area contributed by atoms with Crippen molar-refractivity contribution in [2.45, 2.75) is 0 Å². The van der Waals surface area contributed by atoms with E-state index >= 15 is 0 Å². The van der Waals surface area contributed by atoms with Gasteiger partial charge in [0.05, 0.1) is 32.6 Å². The van der Waals surface area contributed by atoms with E-state index < -0.39 is 0 Å².